The van der Waals surface area contributed by atoms with Gasteiger partial charge in [0.25, 0.3) is 6.47 Å². The summed E-state index contributed by atoms with van der Waals surface area (Å²) in [6.45, 7) is 4.32. The summed E-state index contributed by atoms with van der Waals surface area (Å²) in [6, 6.07) is 9.93. The number of benzene rings is 2. The highest BCUT2D eigenvalue weighted by molar-refractivity contribution is 5.88. The summed E-state index contributed by atoms with van der Waals surface area (Å²) >= 11 is 0. The lowest BCUT2D eigenvalue weighted by atomic mass is 9.75. The van der Waals surface area contributed by atoms with Crippen molar-refractivity contribution in [3.8, 4) is 17.2 Å². The minimum atomic E-state index is -0.984. The number of fused-ring (bicyclic) bond motifs is 2. The van der Waals surface area contributed by atoms with E-state index in [0.717, 1.165) is 11.1 Å². The highest BCUT2D eigenvalue weighted by atomic mass is 16.5. The minimum Gasteiger partial charge on any atom is -0.478 e. The minimum absolute atomic E-state index is 0.208. The first-order valence-electron chi connectivity index (χ1n) is 6.74. The lowest BCUT2D eigenvalue weighted by Crippen LogP contribution is -2.25. The predicted molar refractivity (Wildman–Crippen MR) is 78.7 cm³/mol. The van der Waals surface area contributed by atoms with Gasteiger partial charge in [-0.1, -0.05) is 13.8 Å². The number of carbonyl (C=O) groups excluding carboxylic acids is 1. The molecule has 1 aliphatic heterocycles. The molecular formula is C17H14O5. The van der Waals surface area contributed by atoms with E-state index >= 15 is 0 Å². The number of rotatable bonds is 3. The van der Waals surface area contributed by atoms with Crippen LogP contribution in [0.3, 0.4) is 0 Å². The largest absolute Gasteiger partial charge is 0.478 e. The van der Waals surface area contributed by atoms with Gasteiger partial charge in [-0.15, -0.1) is 0 Å². The Morgan fingerprint density at radius 2 is 1.77 bits per heavy atom. The molecule has 1 aliphatic rings. The van der Waals surface area contributed by atoms with Crippen LogP contribution in [0.25, 0.3) is 0 Å². The molecule has 1 N–H and O–H groups in total. The first-order valence-corrected chi connectivity index (χ1v) is 6.74. The Balaban J connectivity index is 2.16. The van der Waals surface area contributed by atoms with E-state index in [1.165, 1.54) is 6.07 Å². The van der Waals surface area contributed by atoms with Crippen LogP contribution in [0.5, 0.6) is 17.2 Å². The molecule has 2 aromatic carbocycles. The quantitative estimate of drug-likeness (QED) is 0.880. The van der Waals surface area contributed by atoms with Gasteiger partial charge in [0.05, 0.1) is 5.56 Å². The molecule has 0 aliphatic carbocycles. The molecule has 0 saturated carbocycles. The fraction of sp³-hybridized carbons (Fsp3) is 0.176. The van der Waals surface area contributed by atoms with E-state index in [1.807, 2.05) is 13.8 Å². The number of aromatic carboxylic acids is 1. The highest BCUT2D eigenvalue weighted by Crippen LogP contribution is 2.48. The molecule has 5 heteroatoms. The number of hydrogen-bond donors (Lipinski definition) is 1. The first-order chi connectivity index (χ1) is 10.4. The zero-order valence-electron chi connectivity index (χ0n) is 12.1. The van der Waals surface area contributed by atoms with Crippen molar-refractivity contribution in [1.82, 2.24) is 0 Å². The molecule has 0 spiro atoms. The number of carboxylic acid groups (broad SMARTS) is 1. The van der Waals surface area contributed by atoms with Gasteiger partial charge in [-0.25, -0.2) is 4.79 Å². The Morgan fingerprint density at radius 1 is 1.14 bits per heavy atom. The van der Waals surface area contributed by atoms with Crippen molar-refractivity contribution < 1.29 is 24.2 Å². The van der Waals surface area contributed by atoms with Crippen molar-refractivity contribution in [2.75, 3.05) is 0 Å². The van der Waals surface area contributed by atoms with Crippen LogP contribution < -0.4 is 9.47 Å². The fourth-order valence-corrected chi connectivity index (χ4v) is 2.72. The average molecular weight is 298 g/mol. The average Bonchev–Trinajstić information content (AvgIpc) is 2.48. The summed E-state index contributed by atoms with van der Waals surface area (Å²) in [4.78, 5) is 21.7. The first kappa shape index (κ1) is 14.1. The van der Waals surface area contributed by atoms with Crippen LogP contribution in [-0.4, -0.2) is 17.5 Å². The maximum absolute atomic E-state index is 11.2. The van der Waals surface area contributed by atoms with Gasteiger partial charge in [0.15, 0.2) is 0 Å². The smallest absolute Gasteiger partial charge is 0.335 e. The van der Waals surface area contributed by atoms with Gasteiger partial charge in [-0.2, -0.15) is 0 Å². The molecule has 112 valence electrons. The third-order valence-electron chi connectivity index (χ3n) is 3.93. The standard InChI is InChI=1S/C17H14O5/c1-17(2)12-7-10(16(19)20)3-5-14(12)22-15-6-4-11(21-9-18)8-13(15)17/h3-9H,1-2H3,(H,19,20). The third-order valence-corrected chi connectivity index (χ3v) is 3.93. The van der Waals surface area contributed by atoms with Crippen LogP contribution in [0.2, 0.25) is 0 Å². The van der Waals surface area contributed by atoms with Crippen molar-refractivity contribution in [3.05, 3.63) is 53.1 Å². The lowest BCUT2D eigenvalue weighted by molar-refractivity contribution is -0.120. The van der Waals surface area contributed by atoms with E-state index in [9.17, 15) is 9.59 Å². The normalized spacial score (nSPS) is 14.3. The van der Waals surface area contributed by atoms with Gasteiger partial charge in [0.2, 0.25) is 0 Å². The van der Waals surface area contributed by atoms with Crippen LogP contribution in [0.15, 0.2) is 36.4 Å². The number of hydrogen-bond acceptors (Lipinski definition) is 4. The summed E-state index contributed by atoms with van der Waals surface area (Å²) in [5.74, 6) is 0.732. The zero-order chi connectivity index (χ0) is 15.9. The van der Waals surface area contributed by atoms with E-state index in [2.05, 4.69) is 0 Å². The zero-order valence-corrected chi connectivity index (χ0v) is 12.1. The van der Waals surface area contributed by atoms with Crippen molar-refractivity contribution >= 4 is 12.4 Å². The van der Waals surface area contributed by atoms with Gasteiger partial charge >= 0.3 is 5.97 Å². The van der Waals surface area contributed by atoms with E-state index in [0.29, 0.717) is 23.7 Å². The van der Waals surface area contributed by atoms with Gasteiger partial charge in [0, 0.05) is 16.5 Å². The molecule has 0 atom stereocenters. The van der Waals surface area contributed by atoms with E-state index in [1.54, 1.807) is 30.3 Å². The van der Waals surface area contributed by atoms with Gasteiger partial charge in [-0.3, -0.25) is 4.79 Å². The van der Waals surface area contributed by atoms with Crippen LogP contribution >= 0.6 is 0 Å². The van der Waals surface area contributed by atoms with Crippen LogP contribution in [-0.2, 0) is 10.2 Å². The molecule has 2 aromatic rings. The molecule has 0 saturated heterocycles. The molecule has 0 radical (unpaired) electrons. The molecule has 22 heavy (non-hydrogen) atoms. The maximum Gasteiger partial charge on any atom is 0.335 e. The second kappa shape index (κ2) is 4.87. The summed E-state index contributed by atoms with van der Waals surface area (Å²) in [5, 5.41) is 9.17. The summed E-state index contributed by atoms with van der Waals surface area (Å²) in [7, 11) is 0. The number of ether oxygens (including phenoxy) is 2. The van der Waals surface area contributed by atoms with Gasteiger partial charge in [0.1, 0.15) is 17.2 Å². The molecule has 0 unspecified atom stereocenters. The number of carboxylic acids is 1. The second-order valence-corrected chi connectivity index (χ2v) is 5.62. The molecule has 0 bridgehead atoms. The Labute approximate surface area is 127 Å². The van der Waals surface area contributed by atoms with Crippen molar-refractivity contribution in [3.63, 3.8) is 0 Å². The van der Waals surface area contributed by atoms with Gasteiger partial charge in [-0.05, 0) is 36.4 Å². The van der Waals surface area contributed by atoms with Gasteiger partial charge < -0.3 is 14.6 Å². The fourth-order valence-electron chi connectivity index (χ4n) is 2.72. The van der Waals surface area contributed by atoms with E-state index in [4.69, 9.17) is 14.6 Å². The Kier molecular flexibility index (Phi) is 3.13. The topological polar surface area (TPSA) is 72.8 Å². The summed E-state index contributed by atoms with van der Waals surface area (Å²) in [5.41, 5.74) is 1.35. The molecule has 3 rings (SSSR count). The Morgan fingerprint density at radius 3 is 2.41 bits per heavy atom. The molecule has 0 amide bonds. The van der Waals surface area contributed by atoms with Crippen molar-refractivity contribution in [1.29, 1.82) is 0 Å². The number of carbonyl (C=O) groups is 2. The molecule has 0 aromatic heterocycles. The maximum atomic E-state index is 11.2. The summed E-state index contributed by atoms with van der Waals surface area (Å²) < 4.78 is 10.7. The van der Waals surface area contributed by atoms with Crippen LogP contribution in [0, 0.1) is 0 Å². The second-order valence-electron chi connectivity index (χ2n) is 5.62. The van der Waals surface area contributed by atoms with Crippen LogP contribution in [0.1, 0.15) is 35.3 Å². The Hall–Kier alpha value is -2.82. The molecule has 1 heterocycles. The molecule has 5 nitrogen and oxygen atoms in total. The van der Waals surface area contributed by atoms with E-state index < -0.39 is 11.4 Å². The molecule has 0 fully saturated rings. The Bertz CT molecular complexity index is 777. The van der Waals surface area contributed by atoms with Crippen molar-refractivity contribution in [2.45, 2.75) is 19.3 Å². The molecular weight excluding hydrogens is 284 g/mol. The monoisotopic (exact) mass is 298 g/mol. The predicted octanol–water partition coefficient (Wildman–Crippen LogP) is 3.35. The van der Waals surface area contributed by atoms with E-state index in [-0.39, 0.29) is 5.56 Å². The van der Waals surface area contributed by atoms with Crippen molar-refractivity contribution in [2.24, 2.45) is 0 Å². The lowest BCUT2D eigenvalue weighted by Gasteiger charge is -2.34. The third kappa shape index (κ3) is 2.11. The summed E-state index contributed by atoms with van der Waals surface area (Å²) in [6.07, 6.45) is 0. The highest BCUT2D eigenvalue weighted by Gasteiger charge is 2.35. The SMILES string of the molecule is CC1(C)c2cc(OC=O)ccc2Oc2ccc(C(=O)O)cc21. The van der Waals surface area contributed by atoms with Crippen LogP contribution in [0.4, 0.5) is 0 Å².